The highest BCUT2D eigenvalue weighted by Crippen LogP contribution is 2.13. The van der Waals surface area contributed by atoms with Crippen molar-refractivity contribution in [3.8, 4) is 0 Å². The number of rotatable bonds is 6. The fourth-order valence-corrected chi connectivity index (χ4v) is 1.99. The zero-order chi connectivity index (χ0) is 13.8. The van der Waals surface area contributed by atoms with Gasteiger partial charge in [0.2, 0.25) is 11.8 Å². The normalized spacial score (nSPS) is 19.3. The van der Waals surface area contributed by atoms with Crippen molar-refractivity contribution in [3.05, 3.63) is 0 Å². The number of carbonyl (C=O) groups excluding carboxylic acids is 2. The first-order valence-electron chi connectivity index (χ1n) is 6.55. The van der Waals surface area contributed by atoms with E-state index in [9.17, 15) is 9.59 Å². The van der Waals surface area contributed by atoms with Crippen LogP contribution in [0.2, 0.25) is 0 Å². The predicted molar refractivity (Wildman–Crippen MR) is 69.1 cm³/mol. The Bertz CT molecular complexity index is 313. The van der Waals surface area contributed by atoms with Crippen molar-refractivity contribution in [2.24, 2.45) is 0 Å². The largest absolute Gasteiger partial charge is 0.379 e. The molecule has 0 aromatic carbocycles. The van der Waals surface area contributed by atoms with Crippen molar-refractivity contribution in [2.75, 3.05) is 19.7 Å². The van der Waals surface area contributed by atoms with E-state index in [-0.39, 0.29) is 24.5 Å². The molecule has 1 aliphatic rings. The molecule has 2 amide bonds. The maximum atomic E-state index is 12.0. The summed E-state index contributed by atoms with van der Waals surface area (Å²) in [4.78, 5) is 25.2. The summed E-state index contributed by atoms with van der Waals surface area (Å²) in [7, 11) is 0. The van der Waals surface area contributed by atoms with E-state index in [0.29, 0.717) is 13.2 Å². The van der Waals surface area contributed by atoms with E-state index in [0.717, 1.165) is 12.8 Å². The van der Waals surface area contributed by atoms with Crippen LogP contribution in [0.25, 0.3) is 0 Å². The lowest BCUT2D eigenvalue weighted by Gasteiger charge is -2.37. The van der Waals surface area contributed by atoms with Crippen LogP contribution in [0.3, 0.4) is 0 Å². The van der Waals surface area contributed by atoms with Crippen LogP contribution >= 0.6 is 0 Å². The van der Waals surface area contributed by atoms with Crippen molar-refractivity contribution in [3.63, 3.8) is 0 Å². The van der Waals surface area contributed by atoms with Gasteiger partial charge in [0.15, 0.2) is 0 Å². The lowest BCUT2D eigenvalue weighted by Crippen LogP contribution is -2.63. The highest BCUT2D eigenvalue weighted by atomic mass is 16.5. The molecule has 0 bridgehead atoms. The van der Waals surface area contributed by atoms with Gasteiger partial charge in [0.05, 0.1) is 12.6 Å². The third kappa shape index (κ3) is 4.29. The first kappa shape index (κ1) is 15.0. The van der Waals surface area contributed by atoms with Crippen LogP contribution in [0, 0.1) is 0 Å². The molecule has 0 aromatic heterocycles. The molecular weight excluding hydrogens is 232 g/mol. The second kappa shape index (κ2) is 6.18. The second-order valence-electron chi connectivity index (χ2n) is 5.53. The first-order chi connectivity index (χ1) is 8.33. The van der Waals surface area contributed by atoms with Crippen molar-refractivity contribution < 1.29 is 14.3 Å². The second-order valence-corrected chi connectivity index (χ2v) is 5.53. The zero-order valence-corrected chi connectivity index (χ0v) is 11.8. The van der Waals surface area contributed by atoms with Gasteiger partial charge in [0.25, 0.3) is 0 Å². The van der Waals surface area contributed by atoms with Gasteiger partial charge in [0.1, 0.15) is 5.54 Å². The molecule has 1 heterocycles. The average Bonchev–Trinajstić information content (AvgIpc) is 2.23. The van der Waals surface area contributed by atoms with Gasteiger partial charge >= 0.3 is 0 Å². The molecule has 1 fully saturated rings. The molecule has 5 nitrogen and oxygen atoms in total. The molecule has 1 N–H and O–H groups in total. The SMILES string of the molecule is CC(C)OCCCCN1CC(=O)NC(C)(C)C1=O. The Balaban J connectivity index is 2.33. The molecular formula is C13H24N2O3. The van der Waals surface area contributed by atoms with Gasteiger partial charge in [-0.1, -0.05) is 0 Å². The van der Waals surface area contributed by atoms with Gasteiger partial charge in [-0.15, -0.1) is 0 Å². The van der Waals surface area contributed by atoms with Gasteiger partial charge in [-0.3, -0.25) is 9.59 Å². The minimum Gasteiger partial charge on any atom is -0.379 e. The van der Waals surface area contributed by atoms with E-state index in [1.807, 2.05) is 13.8 Å². The molecule has 0 unspecified atom stereocenters. The molecule has 0 aliphatic carbocycles. The minimum atomic E-state index is -0.774. The number of piperazine rings is 1. The predicted octanol–water partition coefficient (Wildman–Crippen LogP) is 0.929. The summed E-state index contributed by atoms with van der Waals surface area (Å²) < 4.78 is 5.44. The number of carbonyl (C=O) groups is 2. The summed E-state index contributed by atoms with van der Waals surface area (Å²) in [6.07, 6.45) is 2.01. The molecule has 18 heavy (non-hydrogen) atoms. The molecule has 0 atom stereocenters. The highest BCUT2D eigenvalue weighted by Gasteiger charge is 2.38. The molecule has 0 aromatic rings. The summed E-state index contributed by atoms with van der Waals surface area (Å²) in [5, 5.41) is 2.70. The Labute approximate surface area is 109 Å². The Morgan fingerprint density at radius 3 is 2.61 bits per heavy atom. The fourth-order valence-electron chi connectivity index (χ4n) is 1.99. The van der Waals surface area contributed by atoms with Gasteiger partial charge in [-0.05, 0) is 40.5 Å². The molecule has 0 saturated carbocycles. The van der Waals surface area contributed by atoms with Gasteiger partial charge in [-0.25, -0.2) is 0 Å². The van der Waals surface area contributed by atoms with E-state index in [1.54, 1.807) is 18.7 Å². The maximum absolute atomic E-state index is 12.0. The van der Waals surface area contributed by atoms with Crippen molar-refractivity contribution in [2.45, 2.75) is 52.2 Å². The van der Waals surface area contributed by atoms with Gasteiger partial charge < -0.3 is 15.0 Å². The van der Waals surface area contributed by atoms with Crippen LogP contribution in [0.4, 0.5) is 0 Å². The number of hydrogen-bond acceptors (Lipinski definition) is 3. The minimum absolute atomic E-state index is 0.00752. The molecule has 5 heteroatoms. The summed E-state index contributed by atoms with van der Waals surface area (Å²) in [6.45, 7) is 8.98. The zero-order valence-electron chi connectivity index (χ0n) is 11.8. The van der Waals surface area contributed by atoms with E-state index < -0.39 is 5.54 Å². The van der Waals surface area contributed by atoms with Crippen LogP contribution in [0.5, 0.6) is 0 Å². The highest BCUT2D eigenvalue weighted by molar-refractivity contribution is 5.97. The van der Waals surface area contributed by atoms with Crippen LogP contribution < -0.4 is 5.32 Å². The molecule has 0 spiro atoms. The fraction of sp³-hybridized carbons (Fsp3) is 0.846. The maximum Gasteiger partial charge on any atom is 0.248 e. The summed E-state index contributed by atoms with van der Waals surface area (Å²) in [6, 6.07) is 0. The monoisotopic (exact) mass is 256 g/mol. The van der Waals surface area contributed by atoms with Crippen LogP contribution in [-0.2, 0) is 14.3 Å². The molecule has 0 radical (unpaired) electrons. The van der Waals surface area contributed by atoms with Crippen LogP contribution in [0.15, 0.2) is 0 Å². The Kier molecular flexibility index (Phi) is 5.14. The number of nitrogens with zero attached hydrogens (tertiary/aromatic N) is 1. The Morgan fingerprint density at radius 1 is 1.33 bits per heavy atom. The van der Waals surface area contributed by atoms with E-state index in [2.05, 4.69) is 5.32 Å². The topological polar surface area (TPSA) is 58.6 Å². The lowest BCUT2D eigenvalue weighted by atomic mass is 10.0. The van der Waals surface area contributed by atoms with Crippen LogP contribution in [-0.4, -0.2) is 48.1 Å². The van der Waals surface area contributed by atoms with Crippen LogP contribution in [0.1, 0.15) is 40.5 Å². The number of ether oxygens (including phenoxy) is 1. The Morgan fingerprint density at radius 2 is 2.00 bits per heavy atom. The lowest BCUT2D eigenvalue weighted by molar-refractivity contribution is -0.148. The summed E-state index contributed by atoms with van der Waals surface area (Å²) in [5.41, 5.74) is -0.774. The third-order valence-electron chi connectivity index (χ3n) is 2.88. The number of amides is 2. The summed E-state index contributed by atoms with van der Waals surface area (Å²) >= 11 is 0. The number of unbranched alkanes of at least 4 members (excludes halogenated alkanes) is 1. The average molecular weight is 256 g/mol. The third-order valence-corrected chi connectivity index (χ3v) is 2.88. The van der Waals surface area contributed by atoms with E-state index >= 15 is 0 Å². The van der Waals surface area contributed by atoms with Crippen molar-refractivity contribution in [1.82, 2.24) is 10.2 Å². The first-order valence-corrected chi connectivity index (χ1v) is 6.55. The molecule has 1 rings (SSSR count). The molecule has 104 valence electrons. The summed E-state index contributed by atoms with van der Waals surface area (Å²) in [5.74, 6) is -0.0927. The van der Waals surface area contributed by atoms with Crippen molar-refractivity contribution >= 4 is 11.8 Å². The van der Waals surface area contributed by atoms with Gasteiger partial charge in [-0.2, -0.15) is 0 Å². The quantitative estimate of drug-likeness (QED) is 0.719. The van der Waals surface area contributed by atoms with Crippen molar-refractivity contribution in [1.29, 1.82) is 0 Å². The number of hydrogen-bond donors (Lipinski definition) is 1. The molecule has 1 aliphatic heterocycles. The molecule has 1 saturated heterocycles. The van der Waals surface area contributed by atoms with E-state index in [1.165, 1.54) is 0 Å². The smallest absolute Gasteiger partial charge is 0.248 e. The Hall–Kier alpha value is -1.10. The van der Waals surface area contributed by atoms with Gasteiger partial charge in [0, 0.05) is 13.2 Å². The standard InChI is InChI=1S/C13H24N2O3/c1-10(2)18-8-6-5-7-15-9-11(16)14-13(3,4)12(15)17/h10H,5-9H2,1-4H3,(H,14,16). The van der Waals surface area contributed by atoms with E-state index in [4.69, 9.17) is 4.74 Å². The number of nitrogens with one attached hydrogen (secondary N) is 1.